The average molecular weight is 545 g/mol. The number of aromatic carboxylic acids is 1. The van der Waals surface area contributed by atoms with E-state index in [-0.39, 0.29) is 51.0 Å². The van der Waals surface area contributed by atoms with Crippen molar-refractivity contribution in [3.8, 4) is 16.9 Å². The molecular formula is C31H24ClNO6. The van der Waals surface area contributed by atoms with Crippen LogP contribution in [0.1, 0.15) is 60.4 Å². The third-order valence-electron chi connectivity index (χ3n) is 7.02. The SMILES string of the molecule is [2H]C([2H])([2H])Oc1cn(C2Cc3ccccc3C(c3ccc(C(=O)O)cc3)C2=O)c(=O)cc1-c1cc(Cl)ccc1C(C)=O. The predicted octanol–water partition coefficient (Wildman–Crippen LogP) is 5.58. The van der Waals surface area contributed by atoms with Crippen molar-refractivity contribution in [3.05, 3.63) is 122 Å². The lowest BCUT2D eigenvalue weighted by atomic mass is 9.75. The van der Waals surface area contributed by atoms with Gasteiger partial charge in [-0.1, -0.05) is 48.0 Å². The number of hydrogen-bond donors (Lipinski definition) is 1. The zero-order valence-corrected chi connectivity index (χ0v) is 21.4. The molecule has 2 unspecified atom stereocenters. The highest BCUT2D eigenvalue weighted by Gasteiger charge is 2.37. The van der Waals surface area contributed by atoms with E-state index < -0.39 is 30.5 Å². The van der Waals surface area contributed by atoms with E-state index in [2.05, 4.69) is 0 Å². The fourth-order valence-corrected chi connectivity index (χ4v) is 5.34. The maximum Gasteiger partial charge on any atom is 0.335 e. The van der Waals surface area contributed by atoms with Gasteiger partial charge in [-0.05, 0) is 59.5 Å². The quantitative estimate of drug-likeness (QED) is 0.318. The summed E-state index contributed by atoms with van der Waals surface area (Å²) in [4.78, 5) is 51.5. The van der Waals surface area contributed by atoms with Gasteiger partial charge in [0.15, 0.2) is 11.6 Å². The number of pyridine rings is 1. The molecule has 1 aliphatic carbocycles. The monoisotopic (exact) mass is 544 g/mol. The molecule has 196 valence electrons. The maximum absolute atomic E-state index is 14.1. The van der Waals surface area contributed by atoms with Gasteiger partial charge in [0, 0.05) is 28.6 Å². The average Bonchev–Trinajstić information content (AvgIpc) is 2.92. The van der Waals surface area contributed by atoms with Crippen molar-refractivity contribution in [2.75, 3.05) is 7.04 Å². The second kappa shape index (κ2) is 10.3. The van der Waals surface area contributed by atoms with Crippen molar-refractivity contribution in [3.63, 3.8) is 0 Å². The Morgan fingerprint density at radius 1 is 1.03 bits per heavy atom. The van der Waals surface area contributed by atoms with Gasteiger partial charge in [0.25, 0.3) is 5.56 Å². The van der Waals surface area contributed by atoms with Crippen LogP contribution in [0, 0.1) is 0 Å². The minimum absolute atomic E-state index is 0.0459. The molecule has 0 saturated carbocycles. The van der Waals surface area contributed by atoms with Crippen LogP contribution < -0.4 is 10.3 Å². The summed E-state index contributed by atoms with van der Waals surface area (Å²) in [5, 5.41) is 9.57. The first-order valence-electron chi connectivity index (χ1n) is 13.5. The van der Waals surface area contributed by atoms with Crippen molar-refractivity contribution >= 4 is 29.1 Å². The van der Waals surface area contributed by atoms with E-state index in [0.29, 0.717) is 5.56 Å². The number of aromatic nitrogens is 1. The van der Waals surface area contributed by atoms with Gasteiger partial charge in [-0.15, -0.1) is 0 Å². The summed E-state index contributed by atoms with van der Waals surface area (Å²) >= 11 is 6.19. The smallest absolute Gasteiger partial charge is 0.335 e. The molecule has 39 heavy (non-hydrogen) atoms. The Bertz CT molecular complexity index is 1800. The zero-order valence-electron chi connectivity index (χ0n) is 23.7. The van der Waals surface area contributed by atoms with Crippen LogP contribution in [-0.4, -0.2) is 34.2 Å². The number of carbonyl (C=O) groups is 3. The molecule has 0 saturated heterocycles. The van der Waals surface area contributed by atoms with Crippen LogP contribution in [0.5, 0.6) is 5.75 Å². The Kier molecular flexibility index (Phi) is 5.97. The van der Waals surface area contributed by atoms with Crippen molar-refractivity contribution in [1.82, 2.24) is 4.57 Å². The van der Waals surface area contributed by atoms with Crippen LogP contribution in [0.3, 0.4) is 0 Å². The zero-order chi connectivity index (χ0) is 30.3. The molecular weight excluding hydrogens is 518 g/mol. The first-order valence-corrected chi connectivity index (χ1v) is 12.4. The third kappa shape index (κ3) is 4.77. The second-order valence-electron chi connectivity index (χ2n) is 9.33. The largest absolute Gasteiger partial charge is 0.495 e. The Morgan fingerprint density at radius 2 is 1.77 bits per heavy atom. The highest BCUT2D eigenvalue weighted by molar-refractivity contribution is 6.31. The predicted molar refractivity (Wildman–Crippen MR) is 147 cm³/mol. The van der Waals surface area contributed by atoms with Crippen molar-refractivity contribution < 1.29 is 28.3 Å². The van der Waals surface area contributed by atoms with E-state index in [1.165, 1.54) is 43.5 Å². The number of nitrogens with zero attached hydrogens (tertiary/aromatic N) is 1. The summed E-state index contributed by atoms with van der Waals surface area (Å²) < 4.78 is 29.7. The fraction of sp³-hybridized carbons (Fsp3) is 0.161. The Labute approximate surface area is 233 Å². The van der Waals surface area contributed by atoms with Crippen LogP contribution in [0.4, 0.5) is 0 Å². The number of carbonyl (C=O) groups excluding carboxylic acids is 2. The number of rotatable bonds is 6. The van der Waals surface area contributed by atoms with Crippen molar-refractivity contribution in [2.24, 2.45) is 0 Å². The Hall–Kier alpha value is -4.49. The molecule has 0 bridgehead atoms. The topological polar surface area (TPSA) is 103 Å². The molecule has 1 heterocycles. The van der Waals surface area contributed by atoms with E-state index in [4.69, 9.17) is 20.5 Å². The summed E-state index contributed by atoms with van der Waals surface area (Å²) in [6.45, 7) is 1.33. The van der Waals surface area contributed by atoms with Gasteiger partial charge in [0.2, 0.25) is 0 Å². The molecule has 2 atom stereocenters. The summed E-state index contributed by atoms with van der Waals surface area (Å²) in [5.41, 5.74) is 2.01. The highest BCUT2D eigenvalue weighted by Crippen LogP contribution is 2.40. The second-order valence-corrected chi connectivity index (χ2v) is 9.76. The number of benzene rings is 3. The van der Waals surface area contributed by atoms with E-state index in [1.807, 2.05) is 18.2 Å². The standard InChI is InChI=1S/C31H24ClNO6/c1-17(34)22-12-11-21(32)14-24(22)25-15-28(35)33(16-27(25)39-2)26-13-20-5-3-4-6-23(20)29(30(26)36)18-7-9-19(10-8-18)31(37)38/h3-12,14-16,26,29H,13H2,1-2H3,(H,37,38)/i2D3. The first-order chi connectivity index (χ1) is 19.8. The maximum atomic E-state index is 14.1. The lowest BCUT2D eigenvalue weighted by Gasteiger charge is -2.32. The molecule has 5 rings (SSSR count). The number of methoxy groups -OCH3 is 1. The first kappa shape index (κ1) is 22.5. The molecule has 7 nitrogen and oxygen atoms in total. The van der Waals surface area contributed by atoms with Gasteiger partial charge in [-0.2, -0.15) is 0 Å². The number of carboxylic acid groups (broad SMARTS) is 1. The van der Waals surface area contributed by atoms with Crippen molar-refractivity contribution in [2.45, 2.75) is 25.3 Å². The molecule has 1 aliphatic rings. The molecule has 0 fully saturated rings. The molecule has 0 amide bonds. The Balaban J connectivity index is 1.68. The van der Waals surface area contributed by atoms with Gasteiger partial charge in [0.1, 0.15) is 11.8 Å². The van der Waals surface area contributed by atoms with Gasteiger partial charge in [0.05, 0.1) is 28.8 Å². The van der Waals surface area contributed by atoms with E-state index >= 15 is 0 Å². The summed E-state index contributed by atoms with van der Waals surface area (Å²) in [6.07, 6.45) is 1.34. The Morgan fingerprint density at radius 3 is 2.46 bits per heavy atom. The normalized spacial score (nSPS) is 17.9. The fourth-order valence-electron chi connectivity index (χ4n) is 5.16. The van der Waals surface area contributed by atoms with E-state index in [0.717, 1.165) is 21.8 Å². The van der Waals surface area contributed by atoms with E-state index in [1.54, 1.807) is 18.2 Å². The van der Waals surface area contributed by atoms with Gasteiger partial charge >= 0.3 is 5.97 Å². The number of Topliss-reactive ketones (excluding diaryl/α,β-unsaturated/α-hetero) is 2. The number of halogens is 1. The summed E-state index contributed by atoms with van der Waals surface area (Å²) in [6, 6.07) is 17.8. The molecule has 0 radical (unpaired) electrons. The van der Waals surface area contributed by atoms with Gasteiger partial charge < -0.3 is 14.4 Å². The number of carboxylic acids is 1. The van der Waals surface area contributed by atoms with Gasteiger partial charge in [-0.25, -0.2) is 4.79 Å². The van der Waals surface area contributed by atoms with Crippen LogP contribution in [-0.2, 0) is 11.2 Å². The molecule has 4 aromatic rings. The van der Waals surface area contributed by atoms with Crippen LogP contribution >= 0.6 is 11.6 Å². The number of fused-ring (bicyclic) bond motifs is 1. The summed E-state index contributed by atoms with van der Waals surface area (Å²) in [5.74, 6) is -2.80. The molecule has 8 heteroatoms. The highest BCUT2D eigenvalue weighted by atomic mass is 35.5. The van der Waals surface area contributed by atoms with Gasteiger partial charge in [-0.3, -0.25) is 14.4 Å². The molecule has 1 aromatic heterocycles. The summed E-state index contributed by atoms with van der Waals surface area (Å²) in [7, 11) is -2.91. The lowest BCUT2D eigenvalue weighted by molar-refractivity contribution is -0.123. The number of ether oxygens (including phenoxy) is 1. The van der Waals surface area contributed by atoms with Crippen LogP contribution in [0.25, 0.3) is 11.1 Å². The third-order valence-corrected chi connectivity index (χ3v) is 7.26. The minimum Gasteiger partial charge on any atom is -0.495 e. The van der Waals surface area contributed by atoms with E-state index in [9.17, 15) is 24.3 Å². The number of ketones is 2. The molecule has 0 aliphatic heterocycles. The molecule has 0 spiro atoms. The molecule has 3 aromatic carbocycles. The van der Waals surface area contributed by atoms with Crippen LogP contribution in [0.2, 0.25) is 5.02 Å². The van der Waals surface area contributed by atoms with Crippen LogP contribution in [0.15, 0.2) is 83.8 Å². The number of hydrogen-bond acceptors (Lipinski definition) is 5. The van der Waals surface area contributed by atoms with Crippen molar-refractivity contribution in [1.29, 1.82) is 0 Å². The molecule has 1 N–H and O–H groups in total. The lowest BCUT2D eigenvalue weighted by Crippen LogP contribution is -2.37. The minimum atomic E-state index is -2.91.